The van der Waals surface area contributed by atoms with Gasteiger partial charge in [-0.2, -0.15) is 0 Å². The fraction of sp³-hybridized carbons (Fsp3) is 0.0769. The van der Waals surface area contributed by atoms with E-state index in [9.17, 15) is 4.79 Å². The second-order valence-electron chi connectivity index (χ2n) is 3.76. The Morgan fingerprint density at radius 3 is 2.74 bits per heavy atom. The van der Waals surface area contributed by atoms with E-state index >= 15 is 0 Å². The Morgan fingerprint density at radius 2 is 2.11 bits per heavy atom. The summed E-state index contributed by atoms with van der Waals surface area (Å²) in [5.41, 5.74) is 6.77. The lowest BCUT2D eigenvalue weighted by atomic mass is 10.2. The zero-order chi connectivity index (χ0) is 13.8. The molecule has 4 nitrogen and oxygen atoms in total. The molecule has 98 valence electrons. The second kappa shape index (κ2) is 5.91. The number of carbonyl (C=O) groups excluding carboxylic acids is 1. The second-order valence-corrected chi connectivity index (χ2v) is 4.54. The molecule has 0 spiro atoms. The van der Waals surface area contributed by atoms with Crippen LogP contribution in [0.25, 0.3) is 0 Å². The predicted molar refractivity (Wildman–Crippen MR) is 74.2 cm³/mol. The van der Waals surface area contributed by atoms with Crippen molar-refractivity contribution >= 4 is 34.9 Å². The largest absolute Gasteiger partial charge is 0.456 e. The highest BCUT2D eigenvalue weighted by Crippen LogP contribution is 2.29. The molecule has 19 heavy (non-hydrogen) atoms. The minimum Gasteiger partial charge on any atom is -0.456 e. The first-order valence-electron chi connectivity index (χ1n) is 5.39. The monoisotopic (exact) mass is 296 g/mol. The standard InChI is InChI=1S/C13H10Cl2N2O2/c14-10-5-8(6-11(16)12(10)15)13(18)19-7-9-3-1-2-4-17-9/h1-6H,7,16H2. The molecule has 1 aromatic carbocycles. The van der Waals surface area contributed by atoms with Gasteiger partial charge in [0.15, 0.2) is 0 Å². The SMILES string of the molecule is Nc1cc(C(=O)OCc2ccccn2)cc(Cl)c1Cl. The predicted octanol–water partition coefficient (Wildman–Crippen LogP) is 3.33. The van der Waals surface area contributed by atoms with Crippen molar-refractivity contribution in [2.75, 3.05) is 5.73 Å². The Labute approximate surface area is 120 Å². The fourth-order valence-corrected chi connectivity index (χ4v) is 1.77. The number of hydrogen-bond donors (Lipinski definition) is 1. The summed E-state index contributed by atoms with van der Waals surface area (Å²) in [5.74, 6) is -0.532. The summed E-state index contributed by atoms with van der Waals surface area (Å²) in [6.07, 6.45) is 1.63. The van der Waals surface area contributed by atoms with Gasteiger partial charge in [0.25, 0.3) is 0 Å². The summed E-state index contributed by atoms with van der Waals surface area (Å²) in [7, 11) is 0. The number of ether oxygens (including phenoxy) is 1. The van der Waals surface area contributed by atoms with E-state index in [4.69, 9.17) is 33.7 Å². The molecule has 2 N–H and O–H groups in total. The maximum absolute atomic E-state index is 11.8. The van der Waals surface area contributed by atoms with E-state index in [0.717, 1.165) is 0 Å². The molecule has 0 saturated heterocycles. The molecule has 0 amide bonds. The molecule has 0 aliphatic rings. The number of aromatic nitrogens is 1. The highest BCUT2D eigenvalue weighted by atomic mass is 35.5. The summed E-state index contributed by atoms with van der Waals surface area (Å²) in [5, 5.41) is 0.439. The van der Waals surface area contributed by atoms with Crippen LogP contribution >= 0.6 is 23.2 Å². The molecular weight excluding hydrogens is 287 g/mol. The lowest BCUT2D eigenvalue weighted by Crippen LogP contribution is -2.07. The van der Waals surface area contributed by atoms with Gasteiger partial charge >= 0.3 is 5.97 Å². The molecule has 0 fully saturated rings. The molecule has 1 aromatic heterocycles. The number of halogens is 2. The molecule has 0 radical (unpaired) electrons. The maximum atomic E-state index is 11.8. The normalized spacial score (nSPS) is 10.2. The Balaban J connectivity index is 2.08. The molecule has 6 heteroatoms. The van der Waals surface area contributed by atoms with Crippen molar-refractivity contribution in [3.8, 4) is 0 Å². The number of pyridine rings is 1. The Bertz CT molecular complexity index is 580. The van der Waals surface area contributed by atoms with Crippen molar-refractivity contribution in [1.29, 1.82) is 0 Å². The number of anilines is 1. The van der Waals surface area contributed by atoms with Crippen molar-refractivity contribution < 1.29 is 9.53 Å². The fourth-order valence-electron chi connectivity index (χ4n) is 1.43. The molecule has 2 rings (SSSR count). The van der Waals surface area contributed by atoms with E-state index in [1.165, 1.54) is 12.1 Å². The summed E-state index contributed by atoms with van der Waals surface area (Å²) in [6, 6.07) is 8.20. The van der Waals surface area contributed by atoms with Gasteiger partial charge in [-0.15, -0.1) is 0 Å². The van der Waals surface area contributed by atoms with Gasteiger partial charge < -0.3 is 10.5 Å². The van der Waals surface area contributed by atoms with Gasteiger partial charge in [0, 0.05) is 6.20 Å². The van der Waals surface area contributed by atoms with Crippen LogP contribution < -0.4 is 5.73 Å². The smallest absolute Gasteiger partial charge is 0.338 e. The summed E-state index contributed by atoms with van der Waals surface area (Å²) in [4.78, 5) is 15.9. The number of nitrogen functional groups attached to an aromatic ring is 1. The average Bonchev–Trinajstić information content (AvgIpc) is 2.42. The third-order valence-electron chi connectivity index (χ3n) is 2.37. The number of nitrogens with zero attached hydrogens (tertiary/aromatic N) is 1. The summed E-state index contributed by atoms with van der Waals surface area (Å²) in [6.45, 7) is 0.0832. The van der Waals surface area contributed by atoms with Gasteiger partial charge in [0.05, 0.1) is 27.0 Å². The van der Waals surface area contributed by atoms with Gasteiger partial charge in [-0.05, 0) is 24.3 Å². The van der Waals surface area contributed by atoms with Crippen LogP contribution in [0.15, 0.2) is 36.5 Å². The van der Waals surface area contributed by atoms with Gasteiger partial charge in [0.2, 0.25) is 0 Å². The molecule has 0 aliphatic heterocycles. The molecule has 1 heterocycles. The van der Waals surface area contributed by atoms with Crippen molar-refractivity contribution in [2.45, 2.75) is 6.61 Å². The van der Waals surface area contributed by atoms with Gasteiger partial charge in [-0.25, -0.2) is 4.79 Å². The third-order valence-corrected chi connectivity index (χ3v) is 3.19. The topological polar surface area (TPSA) is 65.2 Å². The van der Waals surface area contributed by atoms with Crippen LogP contribution in [0, 0.1) is 0 Å². The van der Waals surface area contributed by atoms with Gasteiger partial charge in [0.1, 0.15) is 6.61 Å². The highest BCUT2D eigenvalue weighted by molar-refractivity contribution is 6.43. The average molecular weight is 297 g/mol. The maximum Gasteiger partial charge on any atom is 0.338 e. The quantitative estimate of drug-likeness (QED) is 0.697. The lowest BCUT2D eigenvalue weighted by molar-refractivity contribution is 0.0468. The molecule has 2 aromatic rings. The van der Waals surface area contributed by atoms with Crippen LogP contribution in [0.4, 0.5) is 5.69 Å². The summed E-state index contributed by atoms with van der Waals surface area (Å²) < 4.78 is 5.11. The number of nitrogens with two attached hydrogens (primary N) is 1. The summed E-state index contributed by atoms with van der Waals surface area (Å²) >= 11 is 11.7. The number of esters is 1. The Hall–Kier alpha value is -1.78. The van der Waals surface area contributed by atoms with Crippen LogP contribution in [-0.4, -0.2) is 11.0 Å². The van der Waals surface area contributed by atoms with Crippen LogP contribution in [0.3, 0.4) is 0 Å². The van der Waals surface area contributed by atoms with Crippen LogP contribution in [0.2, 0.25) is 10.0 Å². The molecule has 0 saturated carbocycles. The molecule has 0 unspecified atom stereocenters. The van der Waals surface area contributed by atoms with Crippen LogP contribution in [0.1, 0.15) is 16.1 Å². The highest BCUT2D eigenvalue weighted by Gasteiger charge is 2.12. The first kappa shape index (κ1) is 13.6. The van der Waals surface area contributed by atoms with E-state index in [1.807, 2.05) is 6.07 Å². The molecule has 0 bridgehead atoms. The van der Waals surface area contributed by atoms with E-state index in [-0.39, 0.29) is 27.9 Å². The first-order valence-corrected chi connectivity index (χ1v) is 6.15. The van der Waals surface area contributed by atoms with Crippen molar-refractivity contribution in [2.24, 2.45) is 0 Å². The van der Waals surface area contributed by atoms with Gasteiger partial charge in [-0.1, -0.05) is 29.3 Å². The number of hydrogen-bond acceptors (Lipinski definition) is 4. The van der Waals surface area contributed by atoms with Crippen molar-refractivity contribution in [3.63, 3.8) is 0 Å². The van der Waals surface area contributed by atoms with E-state index < -0.39 is 5.97 Å². The third kappa shape index (κ3) is 3.36. The number of rotatable bonds is 3. The first-order chi connectivity index (χ1) is 9.08. The van der Waals surface area contributed by atoms with E-state index in [2.05, 4.69) is 4.98 Å². The number of benzene rings is 1. The van der Waals surface area contributed by atoms with Crippen molar-refractivity contribution in [3.05, 3.63) is 57.8 Å². The Morgan fingerprint density at radius 1 is 1.32 bits per heavy atom. The Kier molecular flexibility index (Phi) is 4.24. The molecule has 0 aliphatic carbocycles. The van der Waals surface area contributed by atoms with Crippen LogP contribution in [0.5, 0.6) is 0 Å². The minimum absolute atomic E-state index is 0.0832. The zero-order valence-corrected chi connectivity index (χ0v) is 11.3. The molecular formula is C13H10Cl2N2O2. The zero-order valence-electron chi connectivity index (χ0n) is 9.77. The van der Waals surface area contributed by atoms with E-state index in [0.29, 0.717) is 5.69 Å². The minimum atomic E-state index is -0.532. The lowest BCUT2D eigenvalue weighted by Gasteiger charge is -2.07. The molecule has 0 atom stereocenters. The number of carbonyl (C=O) groups is 1. The van der Waals surface area contributed by atoms with Crippen LogP contribution in [-0.2, 0) is 11.3 Å². The van der Waals surface area contributed by atoms with Gasteiger partial charge in [-0.3, -0.25) is 4.98 Å². The van der Waals surface area contributed by atoms with E-state index in [1.54, 1.807) is 18.3 Å². The van der Waals surface area contributed by atoms with Crippen molar-refractivity contribution in [1.82, 2.24) is 4.98 Å².